The number of amides is 1. The Morgan fingerprint density at radius 3 is 2.49 bits per heavy atom. The zero-order valence-corrected chi connectivity index (χ0v) is 24.8. The van der Waals surface area contributed by atoms with Crippen LogP contribution in [0, 0.1) is 28.6 Å². The minimum atomic E-state index is -1.19. The number of nitrogens with zero attached hydrogens (tertiary/aromatic N) is 1. The van der Waals surface area contributed by atoms with Crippen LogP contribution >= 0.6 is 0 Å². The molecule has 0 aliphatic heterocycles. The van der Waals surface area contributed by atoms with Crippen LogP contribution in [0.1, 0.15) is 77.7 Å². The highest BCUT2D eigenvalue weighted by atomic mass is 16.6. The Balaban J connectivity index is 1.20. The van der Waals surface area contributed by atoms with E-state index in [0.29, 0.717) is 30.6 Å². The molecule has 8 heteroatoms. The van der Waals surface area contributed by atoms with Crippen LogP contribution in [-0.2, 0) is 30.4 Å². The van der Waals surface area contributed by atoms with E-state index in [-0.39, 0.29) is 23.2 Å². The van der Waals surface area contributed by atoms with Crippen molar-refractivity contribution in [2.45, 2.75) is 90.2 Å². The van der Waals surface area contributed by atoms with Gasteiger partial charge in [-0.2, -0.15) is 0 Å². The van der Waals surface area contributed by atoms with Gasteiger partial charge in [-0.15, -0.1) is 0 Å². The Morgan fingerprint density at radius 1 is 1.05 bits per heavy atom. The van der Waals surface area contributed by atoms with E-state index in [9.17, 15) is 19.5 Å². The van der Waals surface area contributed by atoms with Gasteiger partial charge in [-0.25, -0.2) is 4.79 Å². The van der Waals surface area contributed by atoms with Crippen LogP contribution in [0.4, 0.5) is 0 Å². The van der Waals surface area contributed by atoms with E-state index in [4.69, 9.17) is 9.57 Å². The highest BCUT2D eigenvalue weighted by molar-refractivity contribution is 5.96. The zero-order valence-electron chi connectivity index (χ0n) is 24.8. The number of hydrogen-bond donors (Lipinski definition) is 2. The smallest absolute Gasteiger partial charge is 0.328 e. The number of oxime groups is 1. The molecule has 5 rings (SSSR count). The third-order valence-corrected chi connectivity index (χ3v) is 11.2. The lowest BCUT2D eigenvalue weighted by Gasteiger charge is -2.59. The molecule has 4 aliphatic rings. The number of nitrogens with one attached hydrogen (secondary N) is 1. The number of methoxy groups -OCH3 is 1. The standard InChI is InChI=1S/C33H44N2O6/c1-21(36)33(39)17-14-27-25-11-10-23-19-24(12-15-31(23,2)26(25)13-16-32(27,33)3)35-41-20-29(37)34-28(30(38)40-4)18-22-8-6-5-7-9-22/h5-9,19,25-28,39H,10-18,20H2,1-4H3,(H,34,37)/t25-,26+,27+,28?,31+,32+,33+/m1/s1. The highest BCUT2D eigenvalue weighted by Gasteiger charge is 2.65. The molecule has 41 heavy (non-hydrogen) atoms. The number of carbonyl (C=O) groups is 3. The van der Waals surface area contributed by atoms with E-state index in [2.05, 4.69) is 30.4 Å². The van der Waals surface area contributed by atoms with Gasteiger partial charge in [0.15, 0.2) is 12.4 Å². The van der Waals surface area contributed by atoms with E-state index in [1.807, 2.05) is 30.3 Å². The number of benzene rings is 1. The topological polar surface area (TPSA) is 114 Å². The molecule has 8 nitrogen and oxygen atoms in total. The van der Waals surface area contributed by atoms with E-state index in [0.717, 1.165) is 56.2 Å². The average molecular weight is 565 g/mol. The van der Waals surface area contributed by atoms with Crippen LogP contribution in [-0.4, -0.2) is 53.8 Å². The first-order valence-electron chi connectivity index (χ1n) is 15.1. The van der Waals surface area contributed by atoms with Gasteiger partial charge < -0.3 is 20.0 Å². The van der Waals surface area contributed by atoms with Crippen LogP contribution in [0.5, 0.6) is 0 Å². The summed E-state index contributed by atoms with van der Waals surface area (Å²) < 4.78 is 4.87. The number of ether oxygens (including phenoxy) is 1. The van der Waals surface area contributed by atoms with Crippen molar-refractivity contribution in [3.63, 3.8) is 0 Å². The molecule has 1 aromatic carbocycles. The summed E-state index contributed by atoms with van der Waals surface area (Å²) in [5.74, 6) is 0.409. The number of rotatable bonds is 8. The summed E-state index contributed by atoms with van der Waals surface area (Å²) in [7, 11) is 1.30. The van der Waals surface area contributed by atoms with Gasteiger partial charge in [0.25, 0.3) is 5.91 Å². The lowest BCUT2D eigenvalue weighted by molar-refractivity contribution is -0.159. The molecule has 3 saturated carbocycles. The molecular weight excluding hydrogens is 520 g/mol. The molecule has 1 aromatic rings. The molecule has 0 heterocycles. The van der Waals surface area contributed by atoms with Gasteiger partial charge in [0.05, 0.1) is 12.8 Å². The fraction of sp³-hybridized carbons (Fsp3) is 0.636. The van der Waals surface area contributed by atoms with Crippen LogP contribution in [0.15, 0.2) is 47.1 Å². The summed E-state index contributed by atoms with van der Waals surface area (Å²) in [6.45, 7) is 5.81. The predicted molar refractivity (Wildman–Crippen MR) is 155 cm³/mol. The number of fused-ring (bicyclic) bond motifs is 5. The summed E-state index contributed by atoms with van der Waals surface area (Å²) in [6, 6.07) is 8.65. The SMILES string of the molecule is COC(=O)C(Cc1ccccc1)NC(=O)CON=C1C=C2CC[C@@H]3[C@H](CC[C@@]4(C)[C@H]3CC[C@]4(O)C(C)=O)[C@@]2(C)CC1. The molecule has 0 saturated heterocycles. The maximum absolute atomic E-state index is 12.6. The average Bonchev–Trinajstić information content (AvgIpc) is 3.24. The van der Waals surface area contributed by atoms with Crippen LogP contribution in [0.3, 0.4) is 0 Å². The first-order valence-corrected chi connectivity index (χ1v) is 15.1. The van der Waals surface area contributed by atoms with Crippen molar-refractivity contribution < 1.29 is 29.1 Å². The molecule has 222 valence electrons. The molecular formula is C33H44N2O6. The Labute approximate surface area is 242 Å². The summed E-state index contributed by atoms with van der Waals surface area (Å²) in [5.41, 5.74) is 1.71. The predicted octanol–water partition coefficient (Wildman–Crippen LogP) is 4.54. The van der Waals surface area contributed by atoms with E-state index < -0.39 is 23.5 Å². The molecule has 0 radical (unpaired) electrons. The summed E-state index contributed by atoms with van der Waals surface area (Å²) in [5, 5.41) is 18.4. The molecule has 4 aliphatic carbocycles. The summed E-state index contributed by atoms with van der Waals surface area (Å²) in [4.78, 5) is 42.8. The maximum atomic E-state index is 12.6. The second kappa shape index (κ2) is 11.3. The quantitative estimate of drug-likeness (QED) is 0.354. The van der Waals surface area contributed by atoms with Gasteiger partial charge in [0, 0.05) is 11.8 Å². The van der Waals surface area contributed by atoms with Gasteiger partial charge in [-0.3, -0.25) is 9.59 Å². The van der Waals surface area contributed by atoms with Crippen molar-refractivity contribution in [2.75, 3.05) is 13.7 Å². The Morgan fingerprint density at radius 2 is 1.78 bits per heavy atom. The lowest BCUT2D eigenvalue weighted by atomic mass is 9.46. The van der Waals surface area contributed by atoms with E-state index in [1.165, 1.54) is 12.7 Å². The minimum absolute atomic E-state index is 0.0722. The molecule has 1 unspecified atom stereocenters. The third kappa shape index (κ3) is 5.24. The molecule has 1 amide bonds. The third-order valence-electron chi connectivity index (χ3n) is 11.2. The molecule has 0 spiro atoms. The fourth-order valence-corrected chi connectivity index (χ4v) is 8.83. The van der Waals surface area contributed by atoms with Crippen molar-refractivity contribution >= 4 is 23.4 Å². The second-order valence-corrected chi connectivity index (χ2v) is 13.1. The normalized spacial score (nSPS) is 35.8. The van der Waals surface area contributed by atoms with Crippen molar-refractivity contribution in [2.24, 2.45) is 33.7 Å². The van der Waals surface area contributed by atoms with Gasteiger partial charge in [-0.1, -0.05) is 54.9 Å². The first-order chi connectivity index (χ1) is 19.5. The number of Topliss-reactive ketones (excluding diaryl/α,β-unsaturated/α-hetero) is 1. The minimum Gasteiger partial charge on any atom is -0.467 e. The number of hydrogen-bond acceptors (Lipinski definition) is 7. The molecule has 0 aromatic heterocycles. The van der Waals surface area contributed by atoms with E-state index in [1.54, 1.807) is 6.92 Å². The number of carbonyl (C=O) groups excluding carboxylic acids is 3. The van der Waals surface area contributed by atoms with Crippen molar-refractivity contribution in [1.29, 1.82) is 0 Å². The van der Waals surface area contributed by atoms with Crippen LogP contribution in [0.25, 0.3) is 0 Å². The number of ketones is 1. The van der Waals surface area contributed by atoms with Crippen molar-refractivity contribution in [3.8, 4) is 0 Å². The second-order valence-electron chi connectivity index (χ2n) is 13.1. The molecule has 7 atom stereocenters. The monoisotopic (exact) mass is 564 g/mol. The summed E-state index contributed by atoms with van der Waals surface area (Å²) >= 11 is 0. The number of allylic oxidation sites excluding steroid dienone is 2. The van der Waals surface area contributed by atoms with Gasteiger partial charge >= 0.3 is 5.97 Å². The fourth-order valence-electron chi connectivity index (χ4n) is 8.83. The largest absolute Gasteiger partial charge is 0.467 e. The zero-order chi connectivity index (χ0) is 29.4. The Kier molecular flexibility index (Phi) is 8.16. The molecule has 2 N–H and O–H groups in total. The highest BCUT2D eigenvalue weighted by Crippen LogP contribution is 2.67. The van der Waals surface area contributed by atoms with Gasteiger partial charge in [-0.05, 0) is 93.1 Å². The molecule has 3 fully saturated rings. The Hall–Kier alpha value is -3.00. The van der Waals surface area contributed by atoms with Gasteiger partial charge in [0.1, 0.15) is 11.6 Å². The first kappa shape index (κ1) is 29.5. The van der Waals surface area contributed by atoms with Crippen LogP contribution in [0.2, 0.25) is 0 Å². The Bertz CT molecular complexity index is 1240. The summed E-state index contributed by atoms with van der Waals surface area (Å²) in [6.07, 6.45) is 9.68. The lowest BCUT2D eigenvalue weighted by Crippen LogP contribution is -2.57. The number of aliphatic hydroxyl groups is 1. The van der Waals surface area contributed by atoms with Gasteiger partial charge in [0.2, 0.25) is 0 Å². The van der Waals surface area contributed by atoms with Crippen molar-refractivity contribution in [3.05, 3.63) is 47.5 Å². The van der Waals surface area contributed by atoms with E-state index >= 15 is 0 Å². The molecule has 0 bridgehead atoms. The number of esters is 1. The maximum Gasteiger partial charge on any atom is 0.328 e. The van der Waals surface area contributed by atoms with Crippen molar-refractivity contribution in [1.82, 2.24) is 5.32 Å². The van der Waals surface area contributed by atoms with Crippen LogP contribution < -0.4 is 5.32 Å².